The Hall–Kier alpha value is 0. The van der Waals surface area contributed by atoms with Gasteiger partial charge >= 0.3 is 0 Å². The third-order valence-corrected chi connectivity index (χ3v) is 4.68. The lowest BCUT2D eigenvalue weighted by Gasteiger charge is -2.30. The molecule has 0 heterocycles. The molecule has 0 heteroatoms. The van der Waals surface area contributed by atoms with Crippen LogP contribution in [-0.2, 0) is 0 Å². The first-order valence-corrected chi connectivity index (χ1v) is 5.58. The Kier molecular flexibility index (Phi) is 1.79. The normalized spacial score (nSPS) is 32.8. The summed E-state index contributed by atoms with van der Waals surface area (Å²) in [5, 5.41) is 0. The Labute approximate surface area is 76.7 Å². The van der Waals surface area contributed by atoms with Crippen LogP contribution in [0.2, 0.25) is 0 Å². The third-order valence-electron chi connectivity index (χ3n) is 4.68. The molecule has 0 saturated heterocycles. The highest BCUT2D eigenvalue weighted by Crippen LogP contribution is 2.62. The summed E-state index contributed by atoms with van der Waals surface area (Å²) < 4.78 is 0. The molecule has 2 fully saturated rings. The molecule has 2 aliphatic carbocycles. The van der Waals surface area contributed by atoms with Gasteiger partial charge in [0, 0.05) is 0 Å². The summed E-state index contributed by atoms with van der Waals surface area (Å²) in [5.74, 6) is 1.03. The van der Waals surface area contributed by atoms with Gasteiger partial charge in [-0.1, -0.05) is 27.2 Å². The van der Waals surface area contributed by atoms with Crippen molar-refractivity contribution in [1.29, 1.82) is 0 Å². The smallest absolute Gasteiger partial charge is 0.0294 e. The maximum absolute atomic E-state index is 2.46. The molecular weight excluding hydrogens is 144 g/mol. The SMILES string of the molecule is CCC(C)(C)C1CCC2(CC2)C1. The molecule has 2 saturated carbocycles. The maximum Gasteiger partial charge on any atom is -0.0294 e. The predicted molar refractivity (Wildman–Crippen MR) is 53.1 cm³/mol. The second-order valence-corrected chi connectivity index (χ2v) is 5.78. The van der Waals surface area contributed by atoms with E-state index in [2.05, 4.69) is 20.8 Å². The summed E-state index contributed by atoms with van der Waals surface area (Å²) in [6.07, 6.45) is 9.05. The Balaban J connectivity index is 1.98. The molecule has 0 bridgehead atoms. The van der Waals surface area contributed by atoms with Crippen molar-refractivity contribution in [2.45, 2.75) is 59.3 Å². The largest absolute Gasteiger partial charge is 0.0649 e. The van der Waals surface area contributed by atoms with Crippen molar-refractivity contribution >= 4 is 0 Å². The Morgan fingerprint density at radius 1 is 1.25 bits per heavy atom. The van der Waals surface area contributed by atoms with E-state index < -0.39 is 0 Å². The first-order chi connectivity index (χ1) is 5.58. The lowest BCUT2D eigenvalue weighted by molar-refractivity contribution is 0.200. The van der Waals surface area contributed by atoms with Gasteiger partial charge in [0.2, 0.25) is 0 Å². The van der Waals surface area contributed by atoms with Crippen molar-refractivity contribution in [3.05, 3.63) is 0 Å². The predicted octanol–water partition coefficient (Wildman–Crippen LogP) is 4.00. The first kappa shape index (κ1) is 8.59. The fraction of sp³-hybridized carbons (Fsp3) is 1.00. The fourth-order valence-electron chi connectivity index (χ4n) is 2.79. The minimum Gasteiger partial charge on any atom is -0.0649 e. The molecule has 0 amide bonds. The summed E-state index contributed by atoms with van der Waals surface area (Å²) >= 11 is 0. The molecule has 0 radical (unpaired) electrons. The summed E-state index contributed by atoms with van der Waals surface area (Å²) in [7, 11) is 0. The van der Waals surface area contributed by atoms with Gasteiger partial charge in [-0.2, -0.15) is 0 Å². The van der Waals surface area contributed by atoms with Crippen molar-refractivity contribution in [1.82, 2.24) is 0 Å². The van der Waals surface area contributed by atoms with Crippen LogP contribution in [0.25, 0.3) is 0 Å². The maximum atomic E-state index is 2.46. The lowest BCUT2D eigenvalue weighted by atomic mass is 9.75. The van der Waals surface area contributed by atoms with E-state index in [9.17, 15) is 0 Å². The van der Waals surface area contributed by atoms with Gasteiger partial charge in [0.05, 0.1) is 0 Å². The van der Waals surface area contributed by atoms with Crippen LogP contribution in [0, 0.1) is 16.7 Å². The number of hydrogen-bond acceptors (Lipinski definition) is 0. The molecule has 2 aliphatic rings. The summed E-state index contributed by atoms with van der Waals surface area (Å²) in [6.45, 7) is 7.26. The molecule has 1 atom stereocenters. The van der Waals surface area contributed by atoms with E-state index in [0.717, 1.165) is 11.3 Å². The van der Waals surface area contributed by atoms with E-state index in [-0.39, 0.29) is 0 Å². The van der Waals surface area contributed by atoms with Gasteiger partial charge in [-0.15, -0.1) is 0 Å². The van der Waals surface area contributed by atoms with E-state index in [4.69, 9.17) is 0 Å². The van der Waals surface area contributed by atoms with Crippen LogP contribution in [0.5, 0.6) is 0 Å². The minimum absolute atomic E-state index is 0.617. The quantitative estimate of drug-likeness (QED) is 0.581. The molecule has 0 N–H and O–H groups in total. The molecular formula is C12H22. The van der Waals surface area contributed by atoms with Crippen LogP contribution in [0.1, 0.15) is 59.3 Å². The number of hydrogen-bond donors (Lipinski definition) is 0. The molecule has 2 rings (SSSR count). The van der Waals surface area contributed by atoms with E-state index in [1.165, 1.54) is 12.8 Å². The van der Waals surface area contributed by atoms with Crippen molar-refractivity contribution < 1.29 is 0 Å². The molecule has 12 heavy (non-hydrogen) atoms. The molecule has 0 aromatic heterocycles. The highest BCUT2D eigenvalue weighted by molar-refractivity contribution is 5.01. The van der Waals surface area contributed by atoms with Gasteiger partial charge < -0.3 is 0 Å². The van der Waals surface area contributed by atoms with Crippen LogP contribution in [0.4, 0.5) is 0 Å². The zero-order valence-electron chi connectivity index (χ0n) is 8.82. The van der Waals surface area contributed by atoms with Crippen LogP contribution in [0.3, 0.4) is 0 Å². The van der Waals surface area contributed by atoms with Crippen molar-refractivity contribution in [2.75, 3.05) is 0 Å². The molecule has 0 aliphatic heterocycles. The van der Waals surface area contributed by atoms with Crippen LogP contribution >= 0.6 is 0 Å². The summed E-state index contributed by atoms with van der Waals surface area (Å²) in [6, 6.07) is 0. The van der Waals surface area contributed by atoms with Crippen LogP contribution < -0.4 is 0 Å². The minimum atomic E-state index is 0.617. The average Bonchev–Trinajstić information content (AvgIpc) is 2.61. The Bertz CT molecular complexity index is 174. The van der Waals surface area contributed by atoms with Gasteiger partial charge in [0.1, 0.15) is 0 Å². The van der Waals surface area contributed by atoms with Crippen molar-refractivity contribution in [3.63, 3.8) is 0 Å². The van der Waals surface area contributed by atoms with Gasteiger partial charge in [-0.25, -0.2) is 0 Å². The van der Waals surface area contributed by atoms with E-state index in [1.807, 2.05) is 0 Å². The highest BCUT2D eigenvalue weighted by atomic mass is 14.6. The Morgan fingerprint density at radius 3 is 2.33 bits per heavy atom. The second-order valence-electron chi connectivity index (χ2n) is 5.78. The average molecular weight is 166 g/mol. The van der Waals surface area contributed by atoms with Crippen LogP contribution in [0.15, 0.2) is 0 Å². The van der Waals surface area contributed by atoms with Gasteiger partial charge in [0.15, 0.2) is 0 Å². The lowest BCUT2D eigenvalue weighted by Crippen LogP contribution is -2.20. The van der Waals surface area contributed by atoms with Gasteiger partial charge in [-0.05, 0) is 48.9 Å². The molecule has 1 unspecified atom stereocenters. The zero-order chi connectivity index (χ0) is 8.82. The first-order valence-electron chi connectivity index (χ1n) is 5.58. The van der Waals surface area contributed by atoms with Gasteiger partial charge in [-0.3, -0.25) is 0 Å². The van der Waals surface area contributed by atoms with Crippen LogP contribution in [-0.4, -0.2) is 0 Å². The monoisotopic (exact) mass is 166 g/mol. The zero-order valence-corrected chi connectivity index (χ0v) is 8.82. The summed E-state index contributed by atoms with van der Waals surface area (Å²) in [5.41, 5.74) is 1.49. The topological polar surface area (TPSA) is 0 Å². The van der Waals surface area contributed by atoms with Crippen molar-refractivity contribution in [2.24, 2.45) is 16.7 Å². The summed E-state index contributed by atoms with van der Waals surface area (Å²) in [4.78, 5) is 0. The molecule has 1 spiro atoms. The second kappa shape index (κ2) is 2.49. The molecule has 0 aromatic carbocycles. The van der Waals surface area contributed by atoms with Crippen molar-refractivity contribution in [3.8, 4) is 0 Å². The standard InChI is InChI=1S/C12H22/c1-4-11(2,3)10-5-6-12(9-10)7-8-12/h10H,4-9H2,1-3H3. The highest BCUT2D eigenvalue weighted by Gasteiger charge is 2.50. The molecule has 70 valence electrons. The third kappa shape index (κ3) is 1.30. The van der Waals surface area contributed by atoms with Gasteiger partial charge in [0.25, 0.3) is 0 Å². The number of rotatable bonds is 2. The molecule has 0 nitrogen and oxygen atoms in total. The van der Waals surface area contributed by atoms with E-state index in [1.54, 1.807) is 25.7 Å². The fourth-order valence-corrected chi connectivity index (χ4v) is 2.79. The van der Waals surface area contributed by atoms with E-state index in [0.29, 0.717) is 5.41 Å². The Morgan fingerprint density at radius 2 is 1.92 bits per heavy atom. The van der Waals surface area contributed by atoms with E-state index >= 15 is 0 Å². The molecule has 0 aromatic rings.